The van der Waals surface area contributed by atoms with Crippen LogP contribution < -0.4 is 5.32 Å². The smallest absolute Gasteiger partial charge is 0.217 e. The Balaban J connectivity index is 1.63. The zero-order chi connectivity index (χ0) is 17.6. The largest absolute Gasteiger partial charge is 0.368 e. The van der Waals surface area contributed by atoms with Gasteiger partial charge in [0.05, 0.1) is 18.8 Å². The molecule has 1 aliphatic heterocycles. The van der Waals surface area contributed by atoms with Crippen LogP contribution in [0.2, 0.25) is 0 Å². The molecule has 132 valence electrons. The lowest BCUT2D eigenvalue weighted by molar-refractivity contribution is -0.119. The first-order chi connectivity index (χ1) is 12.1. The van der Waals surface area contributed by atoms with Crippen molar-refractivity contribution in [1.29, 1.82) is 0 Å². The summed E-state index contributed by atoms with van der Waals surface area (Å²) in [6, 6.07) is 8.32. The number of morpholine rings is 1. The molecule has 1 aromatic heterocycles. The Kier molecular flexibility index (Phi) is 5.67. The van der Waals surface area contributed by atoms with Gasteiger partial charge in [-0.15, -0.1) is 0 Å². The molecule has 25 heavy (non-hydrogen) atoms. The van der Waals surface area contributed by atoms with Crippen molar-refractivity contribution in [3.8, 4) is 0 Å². The summed E-state index contributed by atoms with van der Waals surface area (Å²) in [5, 5.41) is 2.73. The van der Waals surface area contributed by atoms with Crippen LogP contribution in [0.4, 0.5) is 4.39 Å². The molecule has 1 saturated heterocycles. The standard InChI is InChI=1S/C18H21FN4O2/c1-13(24)21-10-16-6-7-20-18(22-16)17-12-23(8-9-25-17)11-14-2-4-15(19)5-3-14/h2-7,17H,8-12H2,1H3,(H,21,24)/t17-/m1/s1. The topological polar surface area (TPSA) is 67.4 Å². The predicted molar refractivity (Wildman–Crippen MR) is 89.9 cm³/mol. The van der Waals surface area contributed by atoms with Gasteiger partial charge >= 0.3 is 0 Å². The number of ether oxygens (including phenoxy) is 1. The van der Waals surface area contributed by atoms with Gasteiger partial charge in [-0.25, -0.2) is 14.4 Å². The van der Waals surface area contributed by atoms with Gasteiger partial charge in [-0.05, 0) is 23.8 Å². The Morgan fingerprint density at radius 3 is 2.92 bits per heavy atom. The summed E-state index contributed by atoms with van der Waals surface area (Å²) in [4.78, 5) is 22.1. The molecule has 1 fully saturated rings. The molecular formula is C18H21FN4O2. The van der Waals surface area contributed by atoms with E-state index < -0.39 is 0 Å². The second-order valence-corrected chi connectivity index (χ2v) is 6.04. The second kappa shape index (κ2) is 8.13. The number of amides is 1. The number of carbonyl (C=O) groups excluding carboxylic acids is 1. The first-order valence-electron chi connectivity index (χ1n) is 8.25. The van der Waals surface area contributed by atoms with Crippen LogP contribution in [-0.4, -0.2) is 40.5 Å². The molecule has 0 spiro atoms. The lowest BCUT2D eigenvalue weighted by Gasteiger charge is -2.32. The highest BCUT2D eigenvalue weighted by molar-refractivity contribution is 5.72. The molecule has 0 bridgehead atoms. The average molecular weight is 344 g/mol. The van der Waals surface area contributed by atoms with E-state index in [0.717, 1.165) is 24.3 Å². The van der Waals surface area contributed by atoms with Crippen molar-refractivity contribution in [2.45, 2.75) is 26.1 Å². The van der Waals surface area contributed by atoms with E-state index in [4.69, 9.17) is 4.74 Å². The predicted octanol–water partition coefficient (Wildman–Crippen LogP) is 1.83. The molecule has 6 nitrogen and oxygen atoms in total. The van der Waals surface area contributed by atoms with Gasteiger partial charge in [0, 0.05) is 32.8 Å². The number of carbonyl (C=O) groups is 1. The number of nitrogens with one attached hydrogen (secondary N) is 1. The van der Waals surface area contributed by atoms with Gasteiger partial charge in [-0.3, -0.25) is 9.69 Å². The highest BCUT2D eigenvalue weighted by Gasteiger charge is 2.24. The molecule has 1 amide bonds. The molecule has 0 radical (unpaired) electrons. The quantitative estimate of drug-likeness (QED) is 0.896. The molecular weight excluding hydrogens is 323 g/mol. The van der Waals surface area contributed by atoms with Crippen LogP contribution in [0.1, 0.15) is 30.1 Å². The minimum atomic E-state index is -0.229. The number of nitrogens with zero attached hydrogens (tertiary/aromatic N) is 3. The minimum Gasteiger partial charge on any atom is -0.368 e. The summed E-state index contributed by atoms with van der Waals surface area (Å²) >= 11 is 0. The van der Waals surface area contributed by atoms with E-state index in [1.165, 1.54) is 19.1 Å². The molecule has 0 aliphatic carbocycles. The third kappa shape index (κ3) is 5.04. The van der Waals surface area contributed by atoms with Crippen LogP contribution in [0.5, 0.6) is 0 Å². The zero-order valence-electron chi connectivity index (χ0n) is 14.1. The van der Waals surface area contributed by atoms with E-state index in [-0.39, 0.29) is 17.8 Å². The molecule has 0 saturated carbocycles. The van der Waals surface area contributed by atoms with Crippen LogP contribution in [-0.2, 0) is 22.6 Å². The molecule has 2 heterocycles. The van der Waals surface area contributed by atoms with Gasteiger partial charge in [0.2, 0.25) is 5.91 Å². The third-order valence-corrected chi connectivity index (χ3v) is 4.01. The Morgan fingerprint density at radius 2 is 2.16 bits per heavy atom. The molecule has 1 N–H and O–H groups in total. The van der Waals surface area contributed by atoms with Crippen LogP contribution >= 0.6 is 0 Å². The molecule has 2 aromatic rings. The van der Waals surface area contributed by atoms with E-state index >= 15 is 0 Å². The van der Waals surface area contributed by atoms with Crippen molar-refractivity contribution in [2.24, 2.45) is 0 Å². The maximum atomic E-state index is 13.0. The normalized spacial score (nSPS) is 18.1. The lowest BCUT2D eigenvalue weighted by Crippen LogP contribution is -2.38. The minimum absolute atomic E-state index is 0.0976. The van der Waals surface area contributed by atoms with Crippen molar-refractivity contribution < 1.29 is 13.9 Å². The Hall–Kier alpha value is -2.38. The summed E-state index contributed by atoms with van der Waals surface area (Å²) in [6.07, 6.45) is 1.47. The van der Waals surface area contributed by atoms with E-state index in [1.807, 2.05) is 0 Å². The molecule has 1 atom stereocenters. The number of hydrogen-bond acceptors (Lipinski definition) is 5. The maximum Gasteiger partial charge on any atom is 0.217 e. The highest BCUT2D eigenvalue weighted by Crippen LogP contribution is 2.20. The van der Waals surface area contributed by atoms with Gasteiger partial charge in [0.25, 0.3) is 0 Å². The first-order valence-corrected chi connectivity index (χ1v) is 8.25. The Labute approximate surface area is 146 Å². The molecule has 1 aromatic carbocycles. The van der Waals surface area contributed by atoms with Crippen molar-refractivity contribution in [2.75, 3.05) is 19.7 Å². The number of benzene rings is 1. The van der Waals surface area contributed by atoms with Crippen molar-refractivity contribution in [1.82, 2.24) is 20.2 Å². The van der Waals surface area contributed by atoms with E-state index in [2.05, 4.69) is 20.2 Å². The fourth-order valence-electron chi connectivity index (χ4n) is 2.73. The maximum absolute atomic E-state index is 13.0. The van der Waals surface area contributed by atoms with Gasteiger partial charge in [0.1, 0.15) is 11.9 Å². The molecule has 1 aliphatic rings. The van der Waals surface area contributed by atoms with Gasteiger partial charge < -0.3 is 10.1 Å². The van der Waals surface area contributed by atoms with Crippen LogP contribution in [0.25, 0.3) is 0 Å². The monoisotopic (exact) mass is 344 g/mol. The molecule has 7 heteroatoms. The highest BCUT2D eigenvalue weighted by atomic mass is 19.1. The van der Waals surface area contributed by atoms with Crippen LogP contribution in [0.3, 0.4) is 0 Å². The fraction of sp³-hybridized carbons (Fsp3) is 0.389. The van der Waals surface area contributed by atoms with E-state index in [0.29, 0.717) is 25.5 Å². The summed E-state index contributed by atoms with van der Waals surface area (Å²) in [5.74, 6) is 0.291. The van der Waals surface area contributed by atoms with Crippen LogP contribution in [0, 0.1) is 5.82 Å². The average Bonchev–Trinajstić information content (AvgIpc) is 2.62. The fourth-order valence-corrected chi connectivity index (χ4v) is 2.73. The Morgan fingerprint density at radius 1 is 1.36 bits per heavy atom. The number of aromatic nitrogens is 2. The van der Waals surface area contributed by atoms with Gasteiger partial charge in [0.15, 0.2) is 5.82 Å². The van der Waals surface area contributed by atoms with Gasteiger partial charge in [-0.1, -0.05) is 12.1 Å². The molecule has 3 rings (SSSR count). The first kappa shape index (κ1) is 17.4. The SMILES string of the molecule is CC(=O)NCc1ccnc([C@H]2CN(Cc3ccc(F)cc3)CCO2)n1. The summed E-state index contributed by atoms with van der Waals surface area (Å²) in [7, 11) is 0. The second-order valence-electron chi connectivity index (χ2n) is 6.04. The number of rotatable bonds is 5. The zero-order valence-corrected chi connectivity index (χ0v) is 14.1. The van der Waals surface area contributed by atoms with E-state index in [9.17, 15) is 9.18 Å². The number of halogens is 1. The summed E-state index contributed by atoms with van der Waals surface area (Å²) < 4.78 is 18.8. The molecule has 0 unspecified atom stereocenters. The third-order valence-electron chi connectivity index (χ3n) is 4.01. The van der Waals surface area contributed by atoms with Gasteiger partial charge in [-0.2, -0.15) is 0 Å². The van der Waals surface area contributed by atoms with Crippen molar-refractivity contribution >= 4 is 5.91 Å². The van der Waals surface area contributed by atoms with E-state index in [1.54, 1.807) is 24.4 Å². The van der Waals surface area contributed by atoms with Crippen LogP contribution in [0.15, 0.2) is 36.5 Å². The summed E-state index contributed by atoms with van der Waals surface area (Å²) in [6.45, 7) is 4.63. The Bertz CT molecular complexity index is 723. The lowest BCUT2D eigenvalue weighted by atomic mass is 10.2. The number of hydrogen-bond donors (Lipinski definition) is 1. The summed E-state index contributed by atoms with van der Waals surface area (Å²) in [5.41, 5.74) is 1.81. The van der Waals surface area contributed by atoms with Crippen molar-refractivity contribution in [3.63, 3.8) is 0 Å². The van der Waals surface area contributed by atoms with Crippen molar-refractivity contribution in [3.05, 3.63) is 59.4 Å².